The van der Waals surface area contributed by atoms with E-state index in [0.717, 1.165) is 55.2 Å². The number of fused-ring (bicyclic) bond motifs is 4. The molecule has 226 valence electrons. The maximum atomic E-state index is 14.8. The molecule has 1 aliphatic rings. The fourth-order valence-corrected chi connectivity index (χ4v) is 7.12. The smallest absolute Gasteiger partial charge is 0.268 e. The second kappa shape index (κ2) is 11.0. The molecule has 3 heterocycles. The molecule has 0 N–H and O–H groups in total. The van der Waals surface area contributed by atoms with Gasteiger partial charge in [0.2, 0.25) is 0 Å². The zero-order chi connectivity index (χ0) is 32.2. The number of aromatic nitrogens is 2. The van der Waals surface area contributed by atoms with Gasteiger partial charge in [-0.3, -0.25) is 14.6 Å². The van der Waals surface area contributed by atoms with Gasteiger partial charge in [0.05, 0.1) is 33.5 Å². The molecule has 1 aliphatic heterocycles. The molecular formula is C43H27N3O2. The third kappa shape index (κ3) is 4.22. The number of benzene rings is 6. The number of anilines is 1. The van der Waals surface area contributed by atoms with E-state index in [1.807, 2.05) is 115 Å². The molecule has 6 aromatic carbocycles. The summed E-state index contributed by atoms with van der Waals surface area (Å²) < 4.78 is 2.12. The third-order valence-electron chi connectivity index (χ3n) is 9.25. The lowest BCUT2D eigenvalue weighted by Crippen LogP contribution is -2.30. The van der Waals surface area contributed by atoms with Crippen LogP contribution in [-0.4, -0.2) is 21.4 Å². The topological polar surface area (TPSA) is 55.2 Å². The Morgan fingerprint density at radius 3 is 1.83 bits per heavy atom. The van der Waals surface area contributed by atoms with Crippen LogP contribution in [0.25, 0.3) is 60.9 Å². The van der Waals surface area contributed by atoms with Gasteiger partial charge in [0.15, 0.2) is 0 Å². The SMILES string of the molecule is O=C1c2cccc(-n3c4ccccc4c4cc(-c5ccncc5)ccc43)c2C(=O)N1c1cccc(-c2ccccc2)c1-c1ccccc1. The van der Waals surface area contributed by atoms with Crippen LogP contribution in [-0.2, 0) is 0 Å². The van der Waals surface area contributed by atoms with E-state index in [2.05, 4.69) is 39.9 Å². The van der Waals surface area contributed by atoms with Crippen LogP contribution in [0.3, 0.4) is 0 Å². The number of pyridine rings is 1. The lowest BCUT2D eigenvalue weighted by Gasteiger charge is -2.22. The van der Waals surface area contributed by atoms with Crippen molar-refractivity contribution in [1.82, 2.24) is 9.55 Å². The monoisotopic (exact) mass is 617 g/mol. The Bertz CT molecular complexity index is 2540. The predicted molar refractivity (Wildman–Crippen MR) is 192 cm³/mol. The number of hydrogen-bond acceptors (Lipinski definition) is 3. The number of carbonyl (C=O) groups excluding carboxylic acids is 2. The van der Waals surface area contributed by atoms with Crippen molar-refractivity contribution in [2.75, 3.05) is 4.90 Å². The molecule has 0 aliphatic carbocycles. The van der Waals surface area contributed by atoms with Crippen LogP contribution in [0.1, 0.15) is 20.7 Å². The molecule has 0 fully saturated rings. The molecule has 8 aromatic rings. The normalized spacial score (nSPS) is 12.6. The molecule has 5 nitrogen and oxygen atoms in total. The summed E-state index contributed by atoms with van der Waals surface area (Å²) in [6.07, 6.45) is 3.59. The fourth-order valence-electron chi connectivity index (χ4n) is 7.12. The van der Waals surface area contributed by atoms with Crippen molar-refractivity contribution in [1.29, 1.82) is 0 Å². The molecule has 9 rings (SSSR count). The van der Waals surface area contributed by atoms with Gasteiger partial charge in [-0.15, -0.1) is 0 Å². The van der Waals surface area contributed by atoms with E-state index >= 15 is 0 Å². The van der Waals surface area contributed by atoms with Crippen LogP contribution in [0, 0.1) is 0 Å². The first-order chi connectivity index (χ1) is 23.7. The van der Waals surface area contributed by atoms with E-state index in [9.17, 15) is 9.59 Å². The second-order valence-corrected chi connectivity index (χ2v) is 11.9. The maximum absolute atomic E-state index is 14.8. The Morgan fingerprint density at radius 1 is 0.417 bits per heavy atom. The summed E-state index contributed by atoms with van der Waals surface area (Å²) >= 11 is 0. The van der Waals surface area contributed by atoms with E-state index in [0.29, 0.717) is 22.5 Å². The van der Waals surface area contributed by atoms with Crippen molar-refractivity contribution in [3.8, 4) is 39.1 Å². The Kier molecular flexibility index (Phi) is 6.37. The number of para-hydroxylation sites is 1. The summed E-state index contributed by atoms with van der Waals surface area (Å²) in [6.45, 7) is 0. The number of nitrogens with zero attached hydrogens (tertiary/aromatic N) is 3. The van der Waals surface area contributed by atoms with Crippen molar-refractivity contribution in [2.45, 2.75) is 0 Å². The maximum Gasteiger partial charge on any atom is 0.268 e. The first-order valence-electron chi connectivity index (χ1n) is 15.9. The van der Waals surface area contributed by atoms with Gasteiger partial charge in [-0.1, -0.05) is 103 Å². The van der Waals surface area contributed by atoms with Gasteiger partial charge in [-0.2, -0.15) is 0 Å². The summed E-state index contributed by atoms with van der Waals surface area (Å²) in [6, 6.07) is 50.0. The van der Waals surface area contributed by atoms with E-state index in [4.69, 9.17) is 0 Å². The zero-order valence-electron chi connectivity index (χ0n) is 25.7. The van der Waals surface area contributed by atoms with Gasteiger partial charge in [-0.05, 0) is 76.3 Å². The van der Waals surface area contributed by atoms with Gasteiger partial charge in [0, 0.05) is 28.7 Å². The number of carbonyl (C=O) groups is 2. The molecule has 0 spiro atoms. The minimum atomic E-state index is -0.340. The van der Waals surface area contributed by atoms with Crippen LogP contribution in [0.15, 0.2) is 164 Å². The predicted octanol–water partition coefficient (Wildman–Crippen LogP) is 9.98. The highest BCUT2D eigenvalue weighted by atomic mass is 16.2. The lowest BCUT2D eigenvalue weighted by molar-refractivity contribution is 0.0926. The van der Waals surface area contributed by atoms with Crippen molar-refractivity contribution < 1.29 is 9.59 Å². The quantitative estimate of drug-likeness (QED) is 0.181. The largest absolute Gasteiger partial charge is 0.308 e. The number of rotatable bonds is 5. The molecule has 48 heavy (non-hydrogen) atoms. The molecule has 0 radical (unpaired) electrons. The van der Waals surface area contributed by atoms with E-state index in [-0.39, 0.29) is 11.8 Å². The van der Waals surface area contributed by atoms with E-state index in [1.54, 1.807) is 18.5 Å². The van der Waals surface area contributed by atoms with E-state index in [1.165, 1.54) is 4.90 Å². The van der Waals surface area contributed by atoms with Crippen LogP contribution in [0.5, 0.6) is 0 Å². The van der Waals surface area contributed by atoms with E-state index < -0.39 is 0 Å². The zero-order valence-corrected chi connectivity index (χ0v) is 25.7. The molecular weight excluding hydrogens is 590 g/mol. The van der Waals surface area contributed by atoms with Crippen LogP contribution < -0.4 is 4.90 Å². The Labute approximate surface area is 277 Å². The highest BCUT2D eigenvalue weighted by Gasteiger charge is 2.40. The first-order valence-corrected chi connectivity index (χ1v) is 15.9. The Morgan fingerprint density at radius 2 is 1.06 bits per heavy atom. The molecule has 0 bridgehead atoms. The summed E-state index contributed by atoms with van der Waals surface area (Å²) in [4.78, 5) is 34.7. The molecule has 2 amide bonds. The van der Waals surface area contributed by atoms with Crippen LogP contribution >= 0.6 is 0 Å². The summed E-state index contributed by atoms with van der Waals surface area (Å²) in [5.41, 5.74) is 9.81. The highest BCUT2D eigenvalue weighted by molar-refractivity contribution is 6.36. The summed E-state index contributed by atoms with van der Waals surface area (Å²) in [7, 11) is 0. The summed E-state index contributed by atoms with van der Waals surface area (Å²) in [5, 5.41) is 2.13. The average molecular weight is 618 g/mol. The number of imide groups is 1. The Balaban J connectivity index is 1.25. The minimum Gasteiger partial charge on any atom is -0.308 e. The lowest BCUT2D eigenvalue weighted by atomic mass is 9.92. The Hall–Kier alpha value is -6.59. The second-order valence-electron chi connectivity index (χ2n) is 11.9. The number of hydrogen-bond donors (Lipinski definition) is 0. The van der Waals surface area contributed by atoms with Gasteiger partial charge in [0.25, 0.3) is 11.8 Å². The molecule has 2 aromatic heterocycles. The van der Waals surface area contributed by atoms with Gasteiger partial charge < -0.3 is 4.57 Å². The highest BCUT2D eigenvalue weighted by Crippen LogP contribution is 2.44. The van der Waals surface area contributed by atoms with Gasteiger partial charge in [-0.25, -0.2) is 4.90 Å². The first kappa shape index (κ1) is 27.7. The van der Waals surface area contributed by atoms with Gasteiger partial charge >= 0.3 is 0 Å². The van der Waals surface area contributed by atoms with Crippen LogP contribution in [0.2, 0.25) is 0 Å². The fraction of sp³-hybridized carbons (Fsp3) is 0. The van der Waals surface area contributed by atoms with Crippen molar-refractivity contribution >= 4 is 39.3 Å². The molecule has 0 saturated heterocycles. The van der Waals surface area contributed by atoms with Crippen molar-refractivity contribution in [3.63, 3.8) is 0 Å². The molecule has 5 heteroatoms. The standard InChI is InChI=1S/C43H27N3O2/c47-42-34-17-10-20-39(45-36-18-8-7-15-33(36)35-27-31(21-22-37(35)45)28-23-25-44-26-24-28)41(34)43(48)46(42)38-19-9-16-32(29-11-3-1-4-12-29)40(38)30-13-5-2-6-14-30/h1-27H. The molecule has 0 atom stereocenters. The number of amides is 2. The average Bonchev–Trinajstić information content (AvgIpc) is 3.62. The third-order valence-corrected chi connectivity index (χ3v) is 9.25. The van der Waals surface area contributed by atoms with Gasteiger partial charge in [0.1, 0.15) is 0 Å². The minimum absolute atomic E-state index is 0.333. The van der Waals surface area contributed by atoms with Crippen LogP contribution in [0.4, 0.5) is 5.69 Å². The van der Waals surface area contributed by atoms with Crippen molar-refractivity contribution in [3.05, 3.63) is 175 Å². The molecule has 0 saturated carbocycles. The van der Waals surface area contributed by atoms with Crippen molar-refractivity contribution in [2.24, 2.45) is 0 Å². The molecule has 0 unspecified atom stereocenters. The summed E-state index contributed by atoms with van der Waals surface area (Å²) in [5.74, 6) is -0.674.